The second-order valence-electron chi connectivity index (χ2n) is 3.84. The summed E-state index contributed by atoms with van der Waals surface area (Å²) in [4.78, 5) is 11.4. The van der Waals surface area contributed by atoms with Crippen molar-refractivity contribution < 1.29 is 4.79 Å². The summed E-state index contributed by atoms with van der Waals surface area (Å²) in [5.74, 6) is 2.71. The van der Waals surface area contributed by atoms with Crippen LogP contribution in [0.3, 0.4) is 0 Å². The first-order valence-corrected chi connectivity index (χ1v) is 4.56. The lowest BCUT2D eigenvalue weighted by atomic mass is 9.89. The largest absolute Gasteiger partial charge is 0.356 e. The van der Waals surface area contributed by atoms with Crippen molar-refractivity contribution in [3.05, 3.63) is 0 Å². The second-order valence-corrected chi connectivity index (χ2v) is 3.84. The molecule has 0 bridgehead atoms. The van der Waals surface area contributed by atoms with Crippen molar-refractivity contribution in [3.63, 3.8) is 0 Å². The summed E-state index contributed by atoms with van der Waals surface area (Å²) in [5.41, 5.74) is -0.273. The molecular weight excluding hydrogens is 164 g/mol. The average Bonchev–Trinajstić information content (AvgIpc) is 2.44. The van der Waals surface area contributed by atoms with Gasteiger partial charge >= 0.3 is 0 Å². The summed E-state index contributed by atoms with van der Waals surface area (Å²) in [6.07, 6.45) is 6.11. The van der Waals surface area contributed by atoms with Gasteiger partial charge in [0.25, 0.3) is 0 Å². The molecule has 0 radical (unpaired) electrons. The molecule has 2 N–H and O–H groups in total. The van der Waals surface area contributed by atoms with Crippen molar-refractivity contribution in [2.75, 3.05) is 13.1 Å². The van der Waals surface area contributed by atoms with Crippen LogP contribution in [-0.2, 0) is 4.79 Å². The minimum Gasteiger partial charge on any atom is -0.356 e. The smallest absolute Gasteiger partial charge is 0.227 e. The van der Waals surface area contributed by atoms with E-state index < -0.39 is 0 Å². The molecule has 0 aromatic heterocycles. The predicted molar refractivity (Wildman–Crippen MR) is 52.0 cm³/mol. The van der Waals surface area contributed by atoms with Gasteiger partial charge in [0.2, 0.25) is 5.91 Å². The Labute approximate surface area is 79.3 Å². The number of nitrogens with one attached hydrogen (secondary N) is 2. The molecule has 3 nitrogen and oxygen atoms in total. The summed E-state index contributed by atoms with van der Waals surface area (Å²) in [6, 6.07) is 0.0326. The lowest BCUT2D eigenvalue weighted by Gasteiger charge is -2.21. The highest BCUT2D eigenvalue weighted by Gasteiger charge is 2.37. The molecule has 2 atom stereocenters. The standard InChI is InChI=1S/C10H16N2O/c1-4-8(2)12-7-10(3)5-6-11-9(10)13/h1,8,12H,5-7H2,2-3H3,(H,11,13). The van der Waals surface area contributed by atoms with Gasteiger partial charge in [0.1, 0.15) is 0 Å². The highest BCUT2D eigenvalue weighted by molar-refractivity contribution is 5.84. The summed E-state index contributed by atoms with van der Waals surface area (Å²) in [5, 5.41) is 5.97. The Balaban J connectivity index is 2.44. The Morgan fingerprint density at radius 1 is 1.85 bits per heavy atom. The fourth-order valence-corrected chi connectivity index (χ4v) is 1.38. The number of carbonyl (C=O) groups is 1. The normalized spacial score (nSPS) is 29.5. The lowest BCUT2D eigenvalue weighted by Crippen LogP contribution is -2.40. The van der Waals surface area contributed by atoms with Gasteiger partial charge in [-0.3, -0.25) is 4.79 Å². The van der Waals surface area contributed by atoms with Gasteiger partial charge in [-0.1, -0.05) is 5.92 Å². The topological polar surface area (TPSA) is 41.1 Å². The number of hydrogen-bond acceptors (Lipinski definition) is 2. The molecule has 3 heteroatoms. The molecule has 1 amide bonds. The zero-order chi connectivity index (χ0) is 9.90. The first-order chi connectivity index (χ1) is 6.08. The zero-order valence-corrected chi connectivity index (χ0v) is 8.18. The first kappa shape index (κ1) is 10.1. The first-order valence-electron chi connectivity index (χ1n) is 4.56. The van der Waals surface area contributed by atoms with Gasteiger partial charge in [-0.2, -0.15) is 0 Å². The van der Waals surface area contributed by atoms with Crippen molar-refractivity contribution in [3.8, 4) is 12.3 Å². The van der Waals surface area contributed by atoms with Gasteiger partial charge in [-0.15, -0.1) is 6.42 Å². The molecule has 1 aliphatic rings. The molecule has 1 fully saturated rings. The van der Waals surface area contributed by atoms with E-state index in [-0.39, 0.29) is 17.4 Å². The summed E-state index contributed by atoms with van der Waals surface area (Å²) in [6.45, 7) is 5.31. The SMILES string of the molecule is C#CC(C)NCC1(C)CCNC1=O. The quantitative estimate of drug-likeness (QED) is 0.606. The van der Waals surface area contributed by atoms with E-state index in [9.17, 15) is 4.79 Å². The van der Waals surface area contributed by atoms with Crippen molar-refractivity contribution in [2.45, 2.75) is 26.3 Å². The van der Waals surface area contributed by atoms with Crippen LogP contribution < -0.4 is 10.6 Å². The van der Waals surface area contributed by atoms with Gasteiger partial charge < -0.3 is 10.6 Å². The lowest BCUT2D eigenvalue weighted by molar-refractivity contribution is -0.126. The Morgan fingerprint density at radius 3 is 3.00 bits per heavy atom. The Morgan fingerprint density at radius 2 is 2.54 bits per heavy atom. The molecule has 13 heavy (non-hydrogen) atoms. The van der Waals surface area contributed by atoms with E-state index in [0.29, 0.717) is 6.54 Å². The molecule has 0 aliphatic carbocycles. The molecule has 72 valence electrons. The van der Waals surface area contributed by atoms with Gasteiger partial charge in [0.15, 0.2) is 0 Å². The van der Waals surface area contributed by atoms with E-state index in [1.165, 1.54) is 0 Å². The maximum Gasteiger partial charge on any atom is 0.227 e. The number of hydrogen-bond donors (Lipinski definition) is 2. The fourth-order valence-electron chi connectivity index (χ4n) is 1.38. The van der Waals surface area contributed by atoms with Gasteiger partial charge in [0, 0.05) is 13.1 Å². The molecule has 0 aromatic carbocycles. The molecule has 0 saturated carbocycles. The molecule has 0 aromatic rings. The summed E-state index contributed by atoms with van der Waals surface area (Å²) < 4.78 is 0. The van der Waals surface area contributed by atoms with Gasteiger partial charge in [0.05, 0.1) is 11.5 Å². The maximum absolute atomic E-state index is 11.4. The minimum atomic E-state index is -0.273. The molecule has 2 unspecified atom stereocenters. The molecule has 1 aliphatic heterocycles. The van der Waals surface area contributed by atoms with Crippen LogP contribution in [0.15, 0.2) is 0 Å². The van der Waals surface area contributed by atoms with E-state index >= 15 is 0 Å². The van der Waals surface area contributed by atoms with E-state index in [2.05, 4.69) is 16.6 Å². The van der Waals surface area contributed by atoms with Crippen LogP contribution in [0.4, 0.5) is 0 Å². The highest BCUT2D eigenvalue weighted by atomic mass is 16.2. The van der Waals surface area contributed by atoms with Crippen LogP contribution in [0, 0.1) is 17.8 Å². The van der Waals surface area contributed by atoms with Crippen molar-refractivity contribution in [1.29, 1.82) is 0 Å². The van der Waals surface area contributed by atoms with Crippen LogP contribution in [0.1, 0.15) is 20.3 Å². The third-order valence-corrected chi connectivity index (χ3v) is 2.56. The predicted octanol–water partition coefficient (Wildman–Crippen LogP) is 0.124. The number of carbonyl (C=O) groups excluding carboxylic acids is 1. The van der Waals surface area contributed by atoms with Crippen molar-refractivity contribution in [1.82, 2.24) is 10.6 Å². The monoisotopic (exact) mass is 180 g/mol. The summed E-state index contributed by atoms with van der Waals surface area (Å²) in [7, 11) is 0. The third-order valence-electron chi connectivity index (χ3n) is 2.56. The van der Waals surface area contributed by atoms with Crippen LogP contribution in [0.2, 0.25) is 0 Å². The molecule has 1 saturated heterocycles. The van der Waals surface area contributed by atoms with Crippen molar-refractivity contribution >= 4 is 5.91 Å². The molecular formula is C10H16N2O. The number of rotatable bonds is 3. The second kappa shape index (κ2) is 3.80. The fraction of sp³-hybridized carbons (Fsp3) is 0.700. The van der Waals surface area contributed by atoms with Crippen LogP contribution in [0.25, 0.3) is 0 Å². The third kappa shape index (κ3) is 2.22. The van der Waals surface area contributed by atoms with E-state index in [0.717, 1.165) is 13.0 Å². The van der Waals surface area contributed by atoms with Crippen LogP contribution in [-0.4, -0.2) is 25.0 Å². The summed E-state index contributed by atoms with van der Waals surface area (Å²) >= 11 is 0. The van der Waals surface area contributed by atoms with Crippen LogP contribution >= 0.6 is 0 Å². The minimum absolute atomic E-state index is 0.0326. The van der Waals surface area contributed by atoms with E-state index in [4.69, 9.17) is 6.42 Å². The van der Waals surface area contributed by atoms with Crippen molar-refractivity contribution in [2.24, 2.45) is 5.41 Å². The number of amides is 1. The zero-order valence-electron chi connectivity index (χ0n) is 8.18. The Kier molecular flexibility index (Phi) is 2.94. The molecule has 1 heterocycles. The Bertz CT molecular complexity index is 244. The average molecular weight is 180 g/mol. The molecule has 0 spiro atoms. The number of terminal acetylenes is 1. The Hall–Kier alpha value is -1.01. The van der Waals surface area contributed by atoms with Crippen LogP contribution in [0.5, 0.6) is 0 Å². The van der Waals surface area contributed by atoms with E-state index in [1.54, 1.807) is 0 Å². The van der Waals surface area contributed by atoms with Gasteiger partial charge in [-0.25, -0.2) is 0 Å². The molecule has 1 rings (SSSR count). The van der Waals surface area contributed by atoms with E-state index in [1.807, 2.05) is 13.8 Å². The highest BCUT2D eigenvalue weighted by Crippen LogP contribution is 2.24. The van der Waals surface area contributed by atoms with Gasteiger partial charge in [-0.05, 0) is 20.3 Å². The maximum atomic E-state index is 11.4.